The summed E-state index contributed by atoms with van der Waals surface area (Å²) in [7, 11) is -3.80. The summed E-state index contributed by atoms with van der Waals surface area (Å²) >= 11 is 0. The molecule has 4 rings (SSSR count). The Balaban J connectivity index is 1.42. The number of carbonyl (C=O) groups is 3. The van der Waals surface area contributed by atoms with E-state index < -0.39 is 21.9 Å². The van der Waals surface area contributed by atoms with Crippen LogP contribution in [0.1, 0.15) is 56.5 Å². The molecule has 0 fully saturated rings. The first kappa shape index (κ1) is 23.3. The average molecular weight is 484 g/mol. The number of sulfonamides is 1. The van der Waals surface area contributed by atoms with Gasteiger partial charge in [-0.3, -0.25) is 14.5 Å². The van der Waals surface area contributed by atoms with Gasteiger partial charge < -0.3 is 4.74 Å². The number of nitrogens with two attached hydrogens (primary N) is 1. The molecule has 0 saturated heterocycles. The molecule has 1 aliphatic heterocycles. The lowest BCUT2D eigenvalue weighted by atomic mass is 10.1. The largest absolute Gasteiger partial charge is 0.455 e. The van der Waals surface area contributed by atoms with Gasteiger partial charge in [0.15, 0.2) is 0 Å². The lowest BCUT2D eigenvalue weighted by molar-refractivity contribution is 0.0467. The van der Waals surface area contributed by atoms with Crippen LogP contribution in [-0.4, -0.2) is 52.6 Å². The number of imide groups is 1. The van der Waals surface area contributed by atoms with E-state index >= 15 is 0 Å². The second-order valence-corrected chi connectivity index (χ2v) is 9.21. The Hall–Kier alpha value is -3.90. The van der Waals surface area contributed by atoms with Crippen molar-refractivity contribution < 1.29 is 27.5 Å². The number of hydrogen-bond acceptors (Lipinski definition) is 8. The number of esters is 1. The summed E-state index contributed by atoms with van der Waals surface area (Å²) in [6.07, 6.45) is 3.07. The number of nitrogens with zero attached hydrogens (tertiary/aromatic N) is 4. The number of carbonyl (C=O) groups excluding carboxylic acids is 3. The minimum Gasteiger partial charge on any atom is -0.455 e. The van der Waals surface area contributed by atoms with Crippen LogP contribution in [0.5, 0.6) is 0 Å². The molecule has 2 N–H and O–H groups in total. The van der Waals surface area contributed by atoms with E-state index in [0.717, 1.165) is 6.42 Å². The standard InChI is InChI=1S/C22H21N5O6S/c1-2-3-10-26-20(28)18-9-4-14(11-19(18)21(26)29)22(30)33-13-15-12-27(25-24-15)16-5-7-17(8-6-16)34(23,31)32/h4-9,11-12H,2-3,10,13H2,1H3,(H2,23,31,32). The molecule has 2 aromatic carbocycles. The van der Waals surface area contributed by atoms with Gasteiger partial charge >= 0.3 is 5.97 Å². The number of aromatic nitrogens is 3. The van der Waals surface area contributed by atoms with Crippen molar-refractivity contribution in [1.82, 2.24) is 19.9 Å². The SMILES string of the molecule is CCCCN1C(=O)c2ccc(C(=O)OCc3cn(-c4ccc(S(N)(=O)=O)cc4)nn3)cc2C1=O. The van der Waals surface area contributed by atoms with E-state index in [1.54, 1.807) is 0 Å². The highest BCUT2D eigenvalue weighted by atomic mass is 32.2. The molecule has 12 heteroatoms. The molecular formula is C22H21N5O6S. The minimum absolute atomic E-state index is 0.0338. The minimum atomic E-state index is -3.80. The maximum Gasteiger partial charge on any atom is 0.338 e. The molecule has 1 aliphatic rings. The molecule has 176 valence electrons. The number of ether oxygens (including phenoxy) is 1. The quantitative estimate of drug-likeness (QED) is 0.375. The third kappa shape index (κ3) is 4.58. The Kier molecular flexibility index (Phi) is 6.26. The molecule has 0 saturated carbocycles. The number of fused-ring (bicyclic) bond motifs is 1. The maximum atomic E-state index is 12.6. The normalized spacial score (nSPS) is 13.3. The number of rotatable bonds is 8. The Bertz CT molecular complexity index is 1380. The number of unbranched alkanes of at least 4 members (excludes halogenated alkanes) is 1. The Morgan fingerprint density at radius 3 is 2.44 bits per heavy atom. The first-order valence-corrected chi connectivity index (χ1v) is 12.0. The lowest BCUT2D eigenvalue weighted by Gasteiger charge is -2.12. The molecule has 3 aromatic rings. The van der Waals surface area contributed by atoms with Crippen molar-refractivity contribution in [1.29, 1.82) is 0 Å². The monoisotopic (exact) mass is 483 g/mol. The Morgan fingerprint density at radius 2 is 1.76 bits per heavy atom. The van der Waals surface area contributed by atoms with Crippen LogP contribution < -0.4 is 5.14 Å². The summed E-state index contributed by atoms with van der Waals surface area (Å²) in [6, 6.07) is 9.98. The van der Waals surface area contributed by atoms with Crippen LogP contribution in [0.3, 0.4) is 0 Å². The molecule has 0 radical (unpaired) electrons. The van der Waals surface area contributed by atoms with Crippen molar-refractivity contribution in [3.05, 3.63) is 71.0 Å². The second kappa shape index (κ2) is 9.15. The van der Waals surface area contributed by atoms with Crippen LogP contribution in [0.25, 0.3) is 5.69 Å². The molecule has 1 aromatic heterocycles. The maximum absolute atomic E-state index is 12.6. The summed E-state index contributed by atoms with van der Waals surface area (Å²) < 4.78 is 29.4. The number of benzene rings is 2. The molecule has 0 atom stereocenters. The zero-order chi connectivity index (χ0) is 24.5. The van der Waals surface area contributed by atoms with Crippen LogP contribution in [0.4, 0.5) is 0 Å². The van der Waals surface area contributed by atoms with Crippen LogP contribution in [0.2, 0.25) is 0 Å². The van der Waals surface area contributed by atoms with Crippen LogP contribution in [0, 0.1) is 0 Å². The number of amides is 2. The Labute approximate surface area is 195 Å². The predicted molar refractivity (Wildman–Crippen MR) is 119 cm³/mol. The van der Waals surface area contributed by atoms with Crippen molar-refractivity contribution in [2.75, 3.05) is 6.54 Å². The predicted octanol–water partition coefficient (Wildman–Crippen LogP) is 1.67. The topological polar surface area (TPSA) is 155 Å². The highest BCUT2D eigenvalue weighted by molar-refractivity contribution is 7.89. The van der Waals surface area contributed by atoms with E-state index in [0.29, 0.717) is 24.3 Å². The molecular weight excluding hydrogens is 462 g/mol. The van der Waals surface area contributed by atoms with Gasteiger partial charge in [0.2, 0.25) is 10.0 Å². The number of primary sulfonamides is 1. The van der Waals surface area contributed by atoms with Crippen LogP contribution in [-0.2, 0) is 21.4 Å². The van der Waals surface area contributed by atoms with E-state index in [-0.39, 0.29) is 34.1 Å². The average Bonchev–Trinajstić information content (AvgIpc) is 3.39. The van der Waals surface area contributed by atoms with Gasteiger partial charge in [-0.05, 0) is 48.9 Å². The molecule has 0 bridgehead atoms. The van der Waals surface area contributed by atoms with Gasteiger partial charge in [0.25, 0.3) is 11.8 Å². The zero-order valence-corrected chi connectivity index (χ0v) is 19.0. The number of hydrogen-bond donors (Lipinski definition) is 1. The molecule has 0 spiro atoms. The van der Waals surface area contributed by atoms with Gasteiger partial charge in [-0.2, -0.15) is 0 Å². The summed E-state index contributed by atoms with van der Waals surface area (Å²) in [5.41, 5.74) is 1.48. The van der Waals surface area contributed by atoms with Gasteiger partial charge in [-0.15, -0.1) is 5.10 Å². The van der Waals surface area contributed by atoms with Crippen molar-refractivity contribution in [2.24, 2.45) is 5.14 Å². The molecule has 2 amide bonds. The molecule has 0 unspecified atom stereocenters. The summed E-state index contributed by atoms with van der Waals surface area (Å²) in [5.74, 6) is -1.45. The van der Waals surface area contributed by atoms with E-state index in [9.17, 15) is 22.8 Å². The molecule has 0 aliphatic carbocycles. The Morgan fingerprint density at radius 1 is 1.06 bits per heavy atom. The van der Waals surface area contributed by atoms with Gasteiger partial charge in [0, 0.05) is 6.54 Å². The molecule has 11 nitrogen and oxygen atoms in total. The zero-order valence-electron chi connectivity index (χ0n) is 18.2. The van der Waals surface area contributed by atoms with Crippen molar-refractivity contribution >= 4 is 27.8 Å². The van der Waals surface area contributed by atoms with Gasteiger partial charge in [0.05, 0.1) is 33.5 Å². The van der Waals surface area contributed by atoms with E-state index in [1.165, 1.54) is 58.2 Å². The first-order valence-electron chi connectivity index (χ1n) is 10.4. The van der Waals surface area contributed by atoms with E-state index in [1.807, 2.05) is 6.92 Å². The van der Waals surface area contributed by atoms with Crippen molar-refractivity contribution in [3.8, 4) is 5.69 Å². The summed E-state index contributed by atoms with van der Waals surface area (Å²) in [4.78, 5) is 38.7. The van der Waals surface area contributed by atoms with Gasteiger partial charge in [-0.1, -0.05) is 18.6 Å². The fraction of sp³-hybridized carbons (Fsp3) is 0.227. The fourth-order valence-electron chi connectivity index (χ4n) is 3.44. The first-order chi connectivity index (χ1) is 16.2. The van der Waals surface area contributed by atoms with Gasteiger partial charge in [-0.25, -0.2) is 23.0 Å². The lowest BCUT2D eigenvalue weighted by Crippen LogP contribution is -2.30. The summed E-state index contributed by atoms with van der Waals surface area (Å²) in [6.45, 7) is 2.12. The third-order valence-corrected chi connectivity index (χ3v) is 6.19. The van der Waals surface area contributed by atoms with Crippen molar-refractivity contribution in [3.63, 3.8) is 0 Å². The smallest absolute Gasteiger partial charge is 0.338 e. The fourth-order valence-corrected chi connectivity index (χ4v) is 3.95. The third-order valence-electron chi connectivity index (χ3n) is 5.26. The highest BCUT2D eigenvalue weighted by Gasteiger charge is 2.35. The molecule has 34 heavy (non-hydrogen) atoms. The highest BCUT2D eigenvalue weighted by Crippen LogP contribution is 2.25. The summed E-state index contributed by atoms with van der Waals surface area (Å²) in [5, 5.41) is 13.0. The van der Waals surface area contributed by atoms with Crippen LogP contribution in [0.15, 0.2) is 53.6 Å². The van der Waals surface area contributed by atoms with Crippen LogP contribution >= 0.6 is 0 Å². The molecule has 2 heterocycles. The van der Waals surface area contributed by atoms with Crippen molar-refractivity contribution in [2.45, 2.75) is 31.3 Å². The van der Waals surface area contributed by atoms with E-state index in [2.05, 4.69) is 10.3 Å². The van der Waals surface area contributed by atoms with Gasteiger partial charge in [0.1, 0.15) is 12.3 Å². The second-order valence-electron chi connectivity index (χ2n) is 7.65. The van der Waals surface area contributed by atoms with E-state index in [4.69, 9.17) is 9.88 Å².